The van der Waals surface area contributed by atoms with Gasteiger partial charge in [0.25, 0.3) is 5.56 Å². The number of thiocarbonyl (C=S) groups is 1. The third-order valence-electron chi connectivity index (χ3n) is 4.55. The molecular weight excluding hydrogens is 372 g/mol. The normalized spacial score (nSPS) is 18.4. The van der Waals surface area contributed by atoms with E-state index in [0.29, 0.717) is 18.6 Å². The summed E-state index contributed by atoms with van der Waals surface area (Å²) in [5, 5.41) is 0. The lowest BCUT2D eigenvalue weighted by atomic mass is 9.94. The number of hydrogen-bond donors (Lipinski definition) is 1. The summed E-state index contributed by atoms with van der Waals surface area (Å²) in [7, 11) is 2.93. The minimum Gasteiger partial charge on any atom is -0.391 e. The Morgan fingerprint density at radius 3 is 2.65 bits per heavy atom. The van der Waals surface area contributed by atoms with Gasteiger partial charge in [-0.3, -0.25) is 18.7 Å². The molecule has 0 spiro atoms. The van der Waals surface area contributed by atoms with E-state index in [4.69, 9.17) is 18.0 Å². The summed E-state index contributed by atoms with van der Waals surface area (Å²) >= 11 is 6.69. The van der Waals surface area contributed by atoms with E-state index in [1.165, 1.54) is 23.4 Å². The average Bonchev–Trinajstić information content (AvgIpc) is 2.61. The molecule has 2 heterocycles. The molecule has 1 aromatic rings. The Kier molecular flexibility index (Phi) is 6.94. The van der Waals surface area contributed by atoms with Crippen LogP contribution in [-0.2, 0) is 18.9 Å². The number of anilines is 1. The van der Waals surface area contributed by atoms with Gasteiger partial charge in [-0.1, -0.05) is 18.6 Å². The lowest BCUT2D eigenvalue weighted by Crippen LogP contribution is -2.38. The van der Waals surface area contributed by atoms with Gasteiger partial charge < -0.3 is 5.73 Å². The van der Waals surface area contributed by atoms with Crippen LogP contribution >= 0.6 is 24.0 Å². The number of aromatic nitrogens is 2. The minimum atomic E-state index is -0.538. The lowest BCUT2D eigenvalue weighted by molar-refractivity contribution is -0.120. The number of Topliss-reactive ketones (excluding diaryl/α,β-unsaturated/α-hetero) is 1. The van der Waals surface area contributed by atoms with Crippen molar-refractivity contribution in [1.29, 1.82) is 0 Å². The monoisotopic (exact) mass is 396 g/mol. The fourth-order valence-corrected chi connectivity index (χ4v) is 4.15. The second kappa shape index (κ2) is 8.77. The molecule has 1 saturated heterocycles. The molecule has 0 aliphatic carbocycles. The molecule has 1 unspecified atom stereocenters. The fourth-order valence-electron chi connectivity index (χ4n) is 2.91. The standard InChI is InChI=1S/C17H24N4O3S2/c1-10(6-4-5-7-11-8-13(25)26-9-12(11)22)19-15-14(18)16(23)21(3)17(24)20(15)2/h11H,4-9,18H2,1-3H3. The molecule has 0 radical (unpaired) electrons. The van der Waals surface area contributed by atoms with Crippen molar-refractivity contribution in [2.24, 2.45) is 25.0 Å². The van der Waals surface area contributed by atoms with Gasteiger partial charge in [0.05, 0.1) is 5.75 Å². The van der Waals surface area contributed by atoms with Crippen LogP contribution in [0.3, 0.4) is 0 Å². The first-order chi connectivity index (χ1) is 12.2. The molecule has 1 aromatic heterocycles. The number of unbranched alkanes of at least 4 members (excludes halogenated alkanes) is 1. The van der Waals surface area contributed by atoms with E-state index in [0.717, 1.165) is 33.7 Å². The van der Waals surface area contributed by atoms with Gasteiger partial charge in [-0.2, -0.15) is 0 Å². The number of thioether (sulfide) groups is 1. The molecular formula is C17H24N4O3S2. The van der Waals surface area contributed by atoms with Gasteiger partial charge in [-0.25, -0.2) is 9.79 Å². The zero-order chi connectivity index (χ0) is 19.4. The molecule has 0 aromatic carbocycles. The predicted molar refractivity (Wildman–Crippen MR) is 111 cm³/mol. The third kappa shape index (κ3) is 4.70. The Morgan fingerprint density at radius 2 is 1.96 bits per heavy atom. The SMILES string of the molecule is CC(CCCCC1CC(=S)SCC1=O)=Nc1c(N)c(=O)n(C)c(=O)n1C. The number of rotatable bonds is 6. The first-order valence-electron chi connectivity index (χ1n) is 8.50. The van der Waals surface area contributed by atoms with E-state index in [1.807, 2.05) is 6.92 Å². The summed E-state index contributed by atoms with van der Waals surface area (Å²) in [5.41, 5.74) is 5.59. The summed E-state index contributed by atoms with van der Waals surface area (Å²) in [6, 6.07) is 0. The van der Waals surface area contributed by atoms with Crippen molar-refractivity contribution in [3.8, 4) is 0 Å². The van der Waals surface area contributed by atoms with Gasteiger partial charge in [0.1, 0.15) is 11.5 Å². The second-order valence-corrected chi connectivity index (χ2v) is 8.39. The maximum absolute atomic E-state index is 12.0. The van der Waals surface area contributed by atoms with Crippen molar-refractivity contribution in [3.63, 3.8) is 0 Å². The molecule has 9 heteroatoms. The maximum atomic E-state index is 12.0. The van der Waals surface area contributed by atoms with E-state index in [-0.39, 0.29) is 23.2 Å². The number of aliphatic imine (C=N–C) groups is 1. The van der Waals surface area contributed by atoms with Crippen molar-refractivity contribution in [3.05, 3.63) is 20.8 Å². The van der Waals surface area contributed by atoms with Gasteiger partial charge in [-0.05, 0) is 32.6 Å². The molecule has 1 atom stereocenters. The van der Waals surface area contributed by atoms with Crippen LogP contribution in [0.15, 0.2) is 14.6 Å². The molecule has 7 nitrogen and oxygen atoms in total. The Balaban J connectivity index is 1.97. The van der Waals surface area contributed by atoms with Gasteiger partial charge >= 0.3 is 5.69 Å². The first-order valence-corrected chi connectivity index (χ1v) is 9.89. The molecule has 1 fully saturated rings. The minimum absolute atomic E-state index is 0.0345. The highest BCUT2D eigenvalue weighted by Crippen LogP contribution is 2.27. The highest BCUT2D eigenvalue weighted by Gasteiger charge is 2.25. The van der Waals surface area contributed by atoms with Crippen LogP contribution in [0.25, 0.3) is 0 Å². The molecule has 142 valence electrons. The topological polar surface area (TPSA) is 99.5 Å². The summed E-state index contributed by atoms with van der Waals surface area (Å²) in [6.45, 7) is 1.85. The number of nitrogen functional groups attached to an aromatic ring is 1. The van der Waals surface area contributed by atoms with Crippen LogP contribution in [0.5, 0.6) is 0 Å². The molecule has 26 heavy (non-hydrogen) atoms. The van der Waals surface area contributed by atoms with Crippen LogP contribution < -0.4 is 17.0 Å². The molecule has 0 saturated carbocycles. The van der Waals surface area contributed by atoms with Crippen molar-refractivity contribution in [2.75, 3.05) is 11.5 Å². The van der Waals surface area contributed by atoms with E-state index < -0.39 is 11.2 Å². The quantitative estimate of drug-likeness (QED) is 0.448. The Hall–Kier alpha value is -1.74. The van der Waals surface area contributed by atoms with Gasteiger partial charge in [0.2, 0.25) is 0 Å². The third-order valence-corrected chi connectivity index (χ3v) is 5.99. The van der Waals surface area contributed by atoms with Crippen LogP contribution in [0.2, 0.25) is 0 Å². The smallest absolute Gasteiger partial charge is 0.332 e. The summed E-state index contributed by atoms with van der Waals surface area (Å²) in [6.07, 6.45) is 4.03. The summed E-state index contributed by atoms with van der Waals surface area (Å²) in [5.74, 6) is 1.03. The molecule has 2 rings (SSSR count). The molecule has 1 aliphatic rings. The van der Waals surface area contributed by atoms with Crippen LogP contribution in [0, 0.1) is 5.92 Å². The zero-order valence-electron chi connectivity index (χ0n) is 15.3. The number of carbonyl (C=O) groups excluding carboxylic acids is 1. The highest BCUT2D eigenvalue weighted by atomic mass is 32.2. The van der Waals surface area contributed by atoms with Gasteiger partial charge in [0.15, 0.2) is 5.82 Å². The summed E-state index contributed by atoms with van der Waals surface area (Å²) in [4.78, 5) is 40.2. The maximum Gasteiger partial charge on any atom is 0.332 e. The fraction of sp³-hybridized carbons (Fsp3) is 0.588. The van der Waals surface area contributed by atoms with Crippen molar-refractivity contribution in [2.45, 2.75) is 39.0 Å². The van der Waals surface area contributed by atoms with Crippen LogP contribution in [-0.4, -0.2) is 30.6 Å². The number of hydrogen-bond acceptors (Lipinski definition) is 7. The van der Waals surface area contributed by atoms with E-state index in [9.17, 15) is 14.4 Å². The van der Waals surface area contributed by atoms with Crippen LogP contribution in [0.4, 0.5) is 11.5 Å². The largest absolute Gasteiger partial charge is 0.391 e. The number of carbonyl (C=O) groups is 1. The van der Waals surface area contributed by atoms with Gasteiger partial charge in [-0.15, -0.1) is 11.8 Å². The number of nitrogens with zero attached hydrogens (tertiary/aromatic N) is 3. The Bertz CT molecular complexity index is 833. The first kappa shape index (κ1) is 20.6. The van der Waals surface area contributed by atoms with Gasteiger partial charge in [0, 0.05) is 29.9 Å². The number of ketones is 1. The average molecular weight is 397 g/mol. The lowest BCUT2D eigenvalue weighted by Gasteiger charge is -2.20. The van der Waals surface area contributed by atoms with E-state index >= 15 is 0 Å². The summed E-state index contributed by atoms with van der Waals surface area (Å²) < 4.78 is 3.17. The predicted octanol–water partition coefficient (Wildman–Crippen LogP) is 1.97. The highest BCUT2D eigenvalue weighted by molar-refractivity contribution is 8.23. The second-order valence-electron chi connectivity index (χ2n) is 6.56. The van der Waals surface area contributed by atoms with Crippen molar-refractivity contribution < 1.29 is 4.79 Å². The molecule has 1 aliphatic heterocycles. The Labute approximate surface area is 161 Å². The Morgan fingerprint density at radius 1 is 1.27 bits per heavy atom. The molecule has 2 N–H and O–H groups in total. The van der Waals surface area contributed by atoms with Crippen molar-refractivity contribution in [1.82, 2.24) is 9.13 Å². The van der Waals surface area contributed by atoms with Crippen molar-refractivity contribution >= 4 is 51.2 Å². The zero-order valence-corrected chi connectivity index (χ0v) is 16.9. The molecule has 0 bridgehead atoms. The molecule has 0 amide bonds. The van der Waals surface area contributed by atoms with Crippen LogP contribution in [0.1, 0.15) is 39.0 Å². The van der Waals surface area contributed by atoms with E-state index in [1.54, 1.807) is 7.05 Å². The number of nitrogens with two attached hydrogens (primary N) is 1. The van der Waals surface area contributed by atoms with E-state index in [2.05, 4.69) is 4.99 Å².